The monoisotopic (exact) mass is 171 g/mol. The lowest BCUT2D eigenvalue weighted by Gasteiger charge is -2.17. The Kier molecular flexibility index (Phi) is 2.51. The maximum atomic E-state index is 7.57. The molecule has 1 unspecified atom stereocenters. The number of hydrogen-bond donors (Lipinski definition) is 3. The first kappa shape index (κ1) is 9.64. The average Bonchev–Trinajstić information content (AvgIpc) is 2.23. The van der Waals surface area contributed by atoms with Crippen molar-refractivity contribution in [3.05, 3.63) is 0 Å². The van der Waals surface area contributed by atoms with Crippen molar-refractivity contribution >= 4 is 5.71 Å². The molecule has 4 heteroatoms. The first-order valence-corrected chi connectivity index (χ1v) is 4.19. The molecule has 0 bridgehead atoms. The minimum absolute atomic E-state index is 0.0231. The van der Waals surface area contributed by atoms with Crippen LogP contribution in [-0.2, 0) is 4.74 Å². The molecule has 1 fully saturated rings. The van der Waals surface area contributed by atoms with Crippen molar-refractivity contribution in [3.8, 4) is 0 Å². The minimum Gasteiger partial charge on any atom is -0.356 e. The summed E-state index contributed by atoms with van der Waals surface area (Å²) in [7, 11) is 0. The zero-order chi connectivity index (χ0) is 9.35. The fourth-order valence-corrected chi connectivity index (χ4v) is 1.56. The van der Waals surface area contributed by atoms with E-state index in [2.05, 4.69) is 5.32 Å². The highest BCUT2D eigenvalue weighted by molar-refractivity contribution is 5.89. The molecule has 1 heterocycles. The maximum Gasteiger partial charge on any atom is 0.114 e. The van der Waals surface area contributed by atoms with Gasteiger partial charge in [-0.15, -0.1) is 0 Å². The summed E-state index contributed by atoms with van der Waals surface area (Å²) in [6.07, 6.45) is 0.0380. The number of nitrogens with two attached hydrogens (primary N) is 1. The lowest BCUT2D eigenvalue weighted by molar-refractivity contribution is -0.0161. The van der Waals surface area contributed by atoms with Crippen LogP contribution in [0.15, 0.2) is 0 Å². The van der Waals surface area contributed by atoms with E-state index in [-0.39, 0.29) is 17.9 Å². The second-order valence-corrected chi connectivity index (χ2v) is 3.68. The van der Waals surface area contributed by atoms with Crippen molar-refractivity contribution < 1.29 is 4.74 Å². The van der Waals surface area contributed by atoms with Gasteiger partial charge in [0.25, 0.3) is 0 Å². The van der Waals surface area contributed by atoms with Crippen LogP contribution in [0.2, 0.25) is 0 Å². The Bertz CT molecular complexity index is 191. The summed E-state index contributed by atoms with van der Waals surface area (Å²) in [6.45, 7) is 6.15. The van der Waals surface area contributed by atoms with E-state index in [9.17, 15) is 0 Å². The summed E-state index contributed by atoms with van der Waals surface area (Å²) >= 11 is 0. The molecule has 0 aliphatic carbocycles. The molecule has 0 aromatic heterocycles. The molecule has 1 rings (SSSR count). The zero-order valence-corrected chi connectivity index (χ0v) is 7.85. The van der Waals surface area contributed by atoms with Crippen LogP contribution in [0.4, 0.5) is 0 Å². The molecule has 4 nitrogen and oxygen atoms in total. The standard InChI is InChI=1S/C8H17N3O/c1-5-7(6(10)4-9)11-8(2,3)12-5/h5,7,10-11H,4,9H2,1-3H3/t5-,7?/m0/s1. The van der Waals surface area contributed by atoms with Gasteiger partial charge in [0.1, 0.15) is 5.72 Å². The first-order valence-electron chi connectivity index (χ1n) is 4.19. The van der Waals surface area contributed by atoms with Crippen LogP contribution < -0.4 is 11.1 Å². The molecule has 0 spiro atoms. The number of nitrogens with one attached hydrogen (secondary N) is 2. The van der Waals surface area contributed by atoms with Crippen LogP contribution >= 0.6 is 0 Å². The molecule has 0 aromatic rings. The Hall–Kier alpha value is -0.450. The average molecular weight is 171 g/mol. The minimum atomic E-state index is -0.328. The highest BCUT2D eigenvalue weighted by Crippen LogP contribution is 2.20. The summed E-state index contributed by atoms with van der Waals surface area (Å²) in [4.78, 5) is 0. The molecule has 0 radical (unpaired) electrons. The third-order valence-electron chi connectivity index (χ3n) is 2.05. The number of rotatable bonds is 2. The Labute approximate surface area is 73.0 Å². The topological polar surface area (TPSA) is 71.1 Å². The molecular formula is C8H17N3O. The van der Waals surface area contributed by atoms with E-state index in [1.807, 2.05) is 20.8 Å². The molecule has 2 atom stereocenters. The van der Waals surface area contributed by atoms with Gasteiger partial charge in [0.15, 0.2) is 0 Å². The van der Waals surface area contributed by atoms with Crippen LogP contribution in [0.3, 0.4) is 0 Å². The maximum absolute atomic E-state index is 7.57. The molecular weight excluding hydrogens is 154 g/mol. The third kappa shape index (κ3) is 1.83. The predicted octanol–water partition coefficient (Wildman–Crippen LogP) is 0.0779. The van der Waals surface area contributed by atoms with E-state index in [0.717, 1.165) is 0 Å². The van der Waals surface area contributed by atoms with Gasteiger partial charge < -0.3 is 15.9 Å². The van der Waals surface area contributed by atoms with E-state index in [1.54, 1.807) is 0 Å². The van der Waals surface area contributed by atoms with Crippen molar-refractivity contribution in [1.82, 2.24) is 5.32 Å². The van der Waals surface area contributed by atoms with E-state index < -0.39 is 0 Å². The summed E-state index contributed by atoms with van der Waals surface area (Å²) in [5, 5.41) is 10.8. The van der Waals surface area contributed by atoms with Crippen LogP contribution in [0, 0.1) is 5.41 Å². The molecule has 12 heavy (non-hydrogen) atoms. The van der Waals surface area contributed by atoms with Gasteiger partial charge in [-0.1, -0.05) is 0 Å². The molecule has 0 saturated carbocycles. The molecule has 1 aliphatic rings. The predicted molar refractivity (Wildman–Crippen MR) is 48.3 cm³/mol. The van der Waals surface area contributed by atoms with Crippen LogP contribution in [0.1, 0.15) is 20.8 Å². The summed E-state index contributed by atoms with van der Waals surface area (Å²) in [5.41, 5.74) is 5.56. The summed E-state index contributed by atoms with van der Waals surface area (Å²) in [6, 6.07) is -0.0231. The Morgan fingerprint density at radius 3 is 2.58 bits per heavy atom. The second-order valence-electron chi connectivity index (χ2n) is 3.68. The number of ether oxygens (including phenoxy) is 1. The zero-order valence-electron chi connectivity index (χ0n) is 7.85. The Balaban J connectivity index is 2.64. The highest BCUT2D eigenvalue weighted by Gasteiger charge is 2.38. The largest absolute Gasteiger partial charge is 0.356 e. The quantitative estimate of drug-likeness (QED) is 0.515. The van der Waals surface area contributed by atoms with E-state index in [1.165, 1.54) is 0 Å². The summed E-state index contributed by atoms with van der Waals surface area (Å²) in [5.74, 6) is 0. The molecule has 0 aromatic carbocycles. The Morgan fingerprint density at radius 1 is 1.67 bits per heavy atom. The van der Waals surface area contributed by atoms with Gasteiger partial charge in [-0.25, -0.2) is 0 Å². The normalized spacial score (nSPS) is 33.7. The fraction of sp³-hybridized carbons (Fsp3) is 0.875. The first-order chi connectivity index (χ1) is 5.46. The molecule has 70 valence electrons. The molecule has 1 aliphatic heterocycles. The van der Waals surface area contributed by atoms with Crippen molar-refractivity contribution in [2.75, 3.05) is 6.54 Å². The lowest BCUT2D eigenvalue weighted by atomic mass is 10.1. The third-order valence-corrected chi connectivity index (χ3v) is 2.05. The summed E-state index contributed by atoms with van der Waals surface area (Å²) < 4.78 is 5.58. The second kappa shape index (κ2) is 3.12. The molecule has 0 amide bonds. The highest BCUT2D eigenvalue weighted by atomic mass is 16.5. The van der Waals surface area contributed by atoms with Crippen molar-refractivity contribution in [1.29, 1.82) is 5.41 Å². The smallest absolute Gasteiger partial charge is 0.114 e. The van der Waals surface area contributed by atoms with Crippen molar-refractivity contribution in [2.24, 2.45) is 5.73 Å². The van der Waals surface area contributed by atoms with Crippen molar-refractivity contribution in [3.63, 3.8) is 0 Å². The van der Waals surface area contributed by atoms with E-state index in [0.29, 0.717) is 12.3 Å². The van der Waals surface area contributed by atoms with Gasteiger partial charge in [0, 0.05) is 12.3 Å². The Morgan fingerprint density at radius 2 is 2.25 bits per heavy atom. The van der Waals surface area contributed by atoms with Gasteiger partial charge >= 0.3 is 0 Å². The van der Waals surface area contributed by atoms with Crippen LogP contribution in [0.5, 0.6) is 0 Å². The van der Waals surface area contributed by atoms with Crippen LogP contribution in [-0.4, -0.2) is 30.1 Å². The van der Waals surface area contributed by atoms with Gasteiger partial charge in [-0.3, -0.25) is 5.32 Å². The lowest BCUT2D eigenvalue weighted by Crippen LogP contribution is -2.45. The van der Waals surface area contributed by atoms with Crippen LogP contribution in [0.25, 0.3) is 0 Å². The fourth-order valence-electron chi connectivity index (χ4n) is 1.56. The van der Waals surface area contributed by atoms with Gasteiger partial charge in [-0.2, -0.15) is 0 Å². The van der Waals surface area contributed by atoms with Gasteiger partial charge in [-0.05, 0) is 20.8 Å². The number of hydrogen-bond acceptors (Lipinski definition) is 4. The van der Waals surface area contributed by atoms with Gasteiger partial charge in [0.2, 0.25) is 0 Å². The molecule has 4 N–H and O–H groups in total. The molecule has 1 saturated heterocycles. The SMILES string of the molecule is C[C@@H]1OC(C)(C)NC1C(=N)CN. The van der Waals surface area contributed by atoms with E-state index in [4.69, 9.17) is 15.9 Å². The van der Waals surface area contributed by atoms with Crippen molar-refractivity contribution in [2.45, 2.75) is 38.6 Å². The van der Waals surface area contributed by atoms with E-state index >= 15 is 0 Å². The van der Waals surface area contributed by atoms with Gasteiger partial charge in [0.05, 0.1) is 12.1 Å².